The number of nitrogens with zero attached hydrogens (tertiary/aromatic N) is 2. The van der Waals surface area contributed by atoms with Crippen LogP contribution < -0.4 is 22.7 Å². The smallest absolute Gasteiger partial charge is 0.279 e. The van der Waals surface area contributed by atoms with Gasteiger partial charge in [-0.2, -0.15) is 0 Å². The molecule has 1 aromatic carbocycles. The number of hydrogen-bond acceptors (Lipinski definition) is 5. The molecule has 5 N–H and O–H groups in total. The molecule has 0 unspecified atom stereocenters. The first-order chi connectivity index (χ1) is 8.04. The van der Waals surface area contributed by atoms with Crippen LogP contribution in [-0.2, 0) is 0 Å². The Kier molecular flexibility index (Phi) is 2.52. The molecule has 1 aromatic heterocycles. The van der Waals surface area contributed by atoms with Crippen molar-refractivity contribution in [1.82, 2.24) is 15.1 Å². The number of nitrogens with one attached hydrogen (secondary N) is 1. The zero-order valence-corrected chi connectivity index (χ0v) is 9.10. The maximum absolute atomic E-state index is 11.8. The van der Waals surface area contributed by atoms with Crippen LogP contribution in [0.2, 0.25) is 0 Å². The van der Waals surface area contributed by atoms with Crippen molar-refractivity contribution in [3.05, 3.63) is 39.9 Å². The third-order valence-corrected chi connectivity index (χ3v) is 2.47. The van der Waals surface area contributed by atoms with E-state index in [9.17, 15) is 9.59 Å². The lowest BCUT2D eigenvalue weighted by Gasteiger charge is -2.06. The summed E-state index contributed by atoms with van der Waals surface area (Å²) in [6, 6.07) is 4.48. The van der Waals surface area contributed by atoms with Gasteiger partial charge in [-0.15, -0.1) is 0 Å². The van der Waals surface area contributed by atoms with Crippen LogP contribution in [0.3, 0.4) is 0 Å². The highest BCUT2D eigenvalue weighted by Crippen LogP contribution is 2.10. The van der Waals surface area contributed by atoms with E-state index < -0.39 is 5.91 Å². The van der Waals surface area contributed by atoms with Crippen molar-refractivity contribution in [1.29, 1.82) is 0 Å². The van der Waals surface area contributed by atoms with Gasteiger partial charge < -0.3 is 5.84 Å². The van der Waals surface area contributed by atoms with Crippen molar-refractivity contribution in [2.45, 2.75) is 6.92 Å². The van der Waals surface area contributed by atoms with Crippen LogP contribution in [-0.4, -0.2) is 15.6 Å². The topological polar surface area (TPSA) is 116 Å². The Balaban J connectivity index is 2.76. The van der Waals surface area contributed by atoms with Crippen LogP contribution >= 0.6 is 0 Å². The Morgan fingerprint density at radius 2 is 2.18 bits per heavy atom. The summed E-state index contributed by atoms with van der Waals surface area (Å²) in [5.41, 5.74) is 2.40. The number of nitrogens with two attached hydrogens (primary N) is 2. The fourth-order valence-electron chi connectivity index (χ4n) is 1.53. The van der Waals surface area contributed by atoms with E-state index in [1.165, 1.54) is 18.2 Å². The summed E-state index contributed by atoms with van der Waals surface area (Å²) in [6.45, 7) is 1.61. The molecule has 88 valence electrons. The lowest BCUT2D eigenvalue weighted by molar-refractivity contribution is 0.0954. The second-order valence-corrected chi connectivity index (χ2v) is 3.54. The number of aromatic nitrogens is 2. The Bertz CT molecular complexity index is 662. The number of fused-ring (bicyclic) bond motifs is 1. The lowest BCUT2D eigenvalue weighted by atomic mass is 10.1. The molecule has 7 heteroatoms. The first kappa shape index (κ1) is 11.1. The average molecular weight is 233 g/mol. The van der Waals surface area contributed by atoms with E-state index >= 15 is 0 Å². The molecular formula is C10H11N5O2. The van der Waals surface area contributed by atoms with Crippen molar-refractivity contribution < 1.29 is 4.79 Å². The van der Waals surface area contributed by atoms with Crippen molar-refractivity contribution in [3.8, 4) is 0 Å². The number of benzene rings is 1. The van der Waals surface area contributed by atoms with Gasteiger partial charge in [0, 0.05) is 5.56 Å². The zero-order valence-electron chi connectivity index (χ0n) is 9.10. The molecule has 0 aliphatic heterocycles. The number of carbonyl (C=O) groups is 1. The molecule has 0 atom stereocenters. The molecular weight excluding hydrogens is 222 g/mol. The van der Waals surface area contributed by atoms with Crippen LogP contribution in [0, 0.1) is 6.92 Å². The minimum atomic E-state index is -0.441. The summed E-state index contributed by atoms with van der Waals surface area (Å²) in [5, 5.41) is 0.353. The molecule has 0 aliphatic rings. The molecule has 0 saturated carbocycles. The van der Waals surface area contributed by atoms with Gasteiger partial charge >= 0.3 is 0 Å². The number of carbonyl (C=O) groups excluding carboxylic acids is 1. The van der Waals surface area contributed by atoms with E-state index in [4.69, 9.17) is 11.7 Å². The van der Waals surface area contributed by atoms with Gasteiger partial charge in [-0.1, -0.05) is 0 Å². The molecule has 0 bridgehead atoms. The van der Waals surface area contributed by atoms with Gasteiger partial charge in [0.15, 0.2) is 0 Å². The SMILES string of the molecule is Cc1nc2cc(C(=O)NN)ccc2c(=O)n1N. The average Bonchev–Trinajstić information content (AvgIpc) is 2.34. The highest BCUT2D eigenvalue weighted by molar-refractivity contribution is 5.97. The van der Waals surface area contributed by atoms with Gasteiger partial charge in [0.1, 0.15) is 5.82 Å². The van der Waals surface area contributed by atoms with Crippen molar-refractivity contribution >= 4 is 16.8 Å². The van der Waals surface area contributed by atoms with E-state index in [-0.39, 0.29) is 5.56 Å². The Hall–Kier alpha value is -2.41. The highest BCUT2D eigenvalue weighted by Gasteiger charge is 2.09. The molecule has 17 heavy (non-hydrogen) atoms. The molecule has 0 saturated heterocycles. The molecule has 7 nitrogen and oxygen atoms in total. The first-order valence-corrected chi connectivity index (χ1v) is 4.84. The molecule has 1 heterocycles. The van der Waals surface area contributed by atoms with E-state index in [0.29, 0.717) is 22.3 Å². The van der Waals surface area contributed by atoms with Crippen molar-refractivity contribution in [2.24, 2.45) is 5.84 Å². The van der Waals surface area contributed by atoms with Gasteiger partial charge in [0.05, 0.1) is 10.9 Å². The molecule has 2 rings (SSSR count). The summed E-state index contributed by atoms with van der Waals surface area (Å²) >= 11 is 0. The number of nitrogen functional groups attached to an aromatic ring is 2. The lowest BCUT2D eigenvalue weighted by Crippen LogP contribution is -2.31. The van der Waals surface area contributed by atoms with Crippen LogP contribution in [0.4, 0.5) is 0 Å². The first-order valence-electron chi connectivity index (χ1n) is 4.84. The van der Waals surface area contributed by atoms with Crippen LogP contribution in [0.5, 0.6) is 0 Å². The van der Waals surface area contributed by atoms with Crippen LogP contribution in [0.15, 0.2) is 23.0 Å². The molecule has 0 aliphatic carbocycles. The normalized spacial score (nSPS) is 10.5. The van der Waals surface area contributed by atoms with Gasteiger partial charge in [-0.05, 0) is 25.1 Å². The van der Waals surface area contributed by atoms with Gasteiger partial charge in [0.25, 0.3) is 11.5 Å². The van der Waals surface area contributed by atoms with E-state index in [1.807, 2.05) is 5.43 Å². The summed E-state index contributed by atoms with van der Waals surface area (Å²) in [6.07, 6.45) is 0. The number of amides is 1. The maximum atomic E-state index is 11.8. The number of hydrogen-bond donors (Lipinski definition) is 3. The maximum Gasteiger partial charge on any atom is 0.279 e. The second kappa shape index (κ2) is 3.87. The zero-order chi connectivity index (χ0) is 12.6. The largest absolute Gasteiger partial charge is 0.335 e. The summed E-state index contributed by atoms with van der Waals surface area (Å²) in [5.74, 6) is 10.5. The third-order valence-electron chi connectivity index (χ3n) is 2.47. The van der Waals surface area contributed by atoms with E-state index in [0.717, 1.165) is 4.68 Å². The Morgan fingerprint density at radius 1 is 1.47 bits per heavy atom. The predicted molar refractivity (Wildman–Crippen MR) is 62.5 cm³/mol. The molecule has 0 spiro atoms. The number of aryl methyl sites for hydroxylation is 1. The Morgan fingerprint density at radius 3 is 2.82 bits per heavy atom. The molecule has 2 aromatic rings. The summed E-state index contributed by atoms with van der Waals surface area (Å²) in [7, 11) is 0. The van der Waals surface area contributed by atoms with Crippen LogP contribution in [0.25, 0.3) is 10.9 Å². The number of rotatable bonds is 1. The predicted octanol–water partition coefficient (Wildman–Crippen LogP) is -0.978. The monoisotopic (exact) mass is 233 g/mol. The minimum Gasteiger partial charge on any atom is -0.335 e. The van der Waals surface area contributed by atoms with E-state index in [2.05, 4.69) is 4.98 Å². The molecule has 1 amide bonds. The van der Waals surface area contributed by atoms with Crippen molar-refractivity contribution in [3.63, 3.8) is 0 Å². The highest BCUT2D eigenvalue weighted by atomic mass is 16.2. The molecule has 0 fully saturated rings. The third kappa shape index (κ3) is 1.72. The Labute approximate surface area is 96.0 Å². The van der Waals surface area contributed by atoms with Crippen molar-refractivity contribution in [2.75, 3.05) is 5.84 Å². The molecule has 0 radical (unpaired) electrons. The number of hydrazine groups is 1. The standard InChI is InChI=1S/C10H11N5O2/c1-5-13-8-4-6(9(16)14-11)2-3-7(8)10(17)15(5)12/h2-4H,11-12H2,1H3,(H,14,16). The fourth-order valence-corrected chi connectivity index (χ4v) is 1.53. The van der Waals surface area contributed by atoms with Gasteiger partial charge in [-0.3, -0.25) is 15.0 Å². The fraction of sp³-hybridized carbons (Fsp3) is 0.100. The van der Waals surface area contributed by atoms with Crippen LogP contribution in [0.1, 0.15) is 16.2 Å². The second-order valence-electron chi connectivity index (χ2n) is 3.54. The minimum absolute atomic E-state index is 0.334. The van der Waals surface area contributed by atoms with E-state index in [1.54, 1.807) is 6.92 Å². The van der Waals surface area contributed by atoms with Gasteiger partial charge in [-0.25, -0.2) is 15.5 Å². The summed E-state index contributed by atoms with van der Waals surface area (Å²) < 4.78 is 0.963. The van der Waals surface area contributed by atoms with Gasteiger partial charge in [0.2, 0.25) is 0 Å². The summed E-state index contributed by atoms with van der Waals surface area (Å²) in [4.78, 5) is 27.2. The quantitative estimate of drug-likeness (QED) is 0.332.